The van der Waals surface area contributed by atoms with Crippen LogP contribution in [0.2, 0.25) is 0 Å². The molecule has 0 radical (unpaired) electrons. The highest BCUT2D eigenvalue weighted by Gasteiger charge is 2.12. The van der Waals surface area contributed by atoms with Gasteiger partial charge in [-0.15, -0.1) is 0 Å². The van der Waals surface area contributed by atoms with Crippen LogP contribution in [0, 0.1) is 0 Å². The Morgan fingerprint density at radius 2 is 1.81 bits per heavy atom. The van der Waals surface area contributed by atoms with Crippen LogP contribution in [-0.2, 0) is 17.8 Å². The van der Waals surface area contributed by atoms with Crippen molar-refractivity contribution >= 4 is 22.6 Å². The van der Waals surface area contributed by atoms with Gasteiger partial charge in [0.25, 0.3) is 0 Å². The van der Waals surface area contributed by atoms with E-state index in [1.54, 1.807) is 12.5 Å². The topological polar surface area (TPSA) is 85.8 Å². The van der Waals surface area contributed by atoms with Crippen LogP contribution in [-0.4, -0.2) is 20.4 Å². The number of carbonyl (C=O) groups is 1. The highest BCUT2D eigenvalue weighted by Crippen LogP contribution is 2.24. The highest BCUT2D eigenvalue weighted by atomic mass is 16.1. The Kier molecular flexibility index (Phi) is 4.63. The zero-order valence-electron chi connectivity index (χ0n) is 14.7. The van der Waals surface area contributed by atoms with Crippen molar-refractivity contribution in [3.8, 4) is 5.69 Å². The van der Waals surface area contributed by atoms with Gasteiger partial charge in [0.1, 0.15) is 6.33 Å². The number of benzene rings is 2. The molecule has 4 aromatic rings. The van der Waals surface area contributed by atoms with Crippen molar-refractivity contribution in [1.82, 2.24) is 14.5 Å². The molecule has 0 saturated heterocycles. The van der Waals surface area contributed by atoms with Crippen molar-refractivity contribution < 1.29 is 4.79 Å². The molecule has 0 spiro atoms. The molecule has 0 unspecified atom stereocenters. The SMILES string of the molecule is NCc1ncccc1CC(=O)Nc1ccccc1-n1cnc2ccccc21. The molecule has 2 aromatic heterocycles. The van der Waals surface area contributed by atoms with Crippen molar-refractivity contribution in [2.75, 3.05) is 5.32 Å². The summed E-state index contributed by atoms with van der Waals surface area (Å²) < 4.78 is 1.97. The highest BCUT2D eigenvalue weighted by molar-refractivity contribution is 5.95. The van der Waals surface area contributed by atoms with E-state index in [1.165, 1.54) is 0 Å². The number of nitrogens with two attached hydrogens (primary N) is 1. The van der Waals surface area contributed by atoms with Crippen LogP contribution in [0.5, 0.6) is 0 Å². The molecule has 3 N–H and O–H groups in total. The smallest absolute Gasteiger partial charge is 0.228 e. The summed E-state index contributed by atoms with van der Waals surface area (Å²) in [7, 11) is 0. The van der Waals surface area contributed by atoms with Crippen molar-refractivity contribution in [3.63, 3.8) is 0 Å². The third kappa shape index (κ3) is 3.43. The Hall–Kier alpha value is -3.51. The third-order valence-corrected chi connectivity index (χ3v) is 4.42. The number of nitrogens with zero attached hydrogens (tertiary/aromatic N) is 3. The van der Waals surface area contributed by atoms with Crippen LogP contribution >= 0.6 is 0 Å². The molecule has 0 atom stereocenters. The minimum atomic E-state index is -0.116. The molecule has 2 heterocycles. The Bertz CT molecular complexity index is 1100. The fraction of sp³-hybridized carbons (Fsp3) is 0.0952. The van der Waals surface area contributed by atoms with Crippen molar-refractivity contribution in [3.05, 3.63) is 84.4 Å². The summed E-state index contributed by atoms with van der Waals surface area (Å²) in [5.41, 5.74) is 10.8. The summed E-state index contributed by atoms with van der Waals surface area (Å²) in [6.45, 7) is 0.307. The molecule has 0 saturated carbocycles. The third-order valence-electron chi connectivity index (χ3n) is 4.42. The first-order valence-electron chi connectivity index (χ1n) is 8.70. The summed E-state index contributed by atoms with van der Waals surface area (Å²) in [6, 6.07) is 19.3. The summed E-state index contributed by atoms with van der Waals surface area (Å²) >= 11 is 0. The molecule has 6 heteroatoms. The Labute approximate surface area is 156 Å². The van der Waals surface area contributed by atoms with Gasteiger partial charge in [-0.3, -0.25) is 14.3 Å². The summed E-state index contributed by atoms with van der Waals surface area (Å²) in [6.07, 6.45) is 3.67. The number of hydrogen-bond donors (Lipinski definition) is 2. The predicted molar refractivity (Wildman–Crippen MR) is 106 cm³/mol. The van der Waals surface area contributed by atoms with E-state index < -0.39 is 0 Å². The molecule has 0 aliphatic carbocycles. The van der Waals surface area contributed by atoms with Gasteiger partial charge in [0.05, 0.1) is 34.5 Å². The van der Waals surface area contributed by atoms with E-state index in [0.717, 1.165) is 33.7 Å². The molecule has 2 aromatic carbocycles. The van der Waals surface area contributed by atoms with Crippen molar-refractivity contribution in [2.45, 2.75) is 13.0 Å². The second-order valence-corrected chi connectivity index (χ2v) is 6.16. The number of anilines is 1. The minimum Gasteiger partial charge on any atom is -0.325 e. The Balaban J connectivity index is 1.63. The van der Waals surface area contributed by atoms with Crippen LogP contribution in [0.15, 0.2) is 73.2 Å². The minimum absolute atomic E-state index is 0.116. The van der Waals surface area contributed by atoms with E-state index in [-0.39, 0.29) is 12.3 Å². The lowest BCUT2D eigenvalue weighted by Crippen LogP contribution is -2.17. The van der Waals surface area contributed by atoms with Crippen LogP contribution in [0.25, 0.3) is 16.7 Å². The lowest BCUT2D eigenvalue weighted by atomic mass is 10.1. The Morgan fingerprint density at radius 3 is 2.70 bits per heavy atom. The molecule has 1 amide bonds. The van der Waals surface area contributed by atoms with Gasteiger partial charge < -0.3 is 11.1 Å². The van der Waals surface area contributed by atoms with Gasteiger partial charge in [-0.1, -0.05) is 30.3 Å². The summed E-state index contributed by atoms with van der Waals surface area (Å²) in [5, 5.41) is 3.01. The van der Waals surface area contributed by atoms with Gasteiger partial charge in [0.15, 0.2) is 0 Å². The lowest BCUT2D eigenvalue weighted by Gasteiger charge is -2.13. The molecule has 27 heavy (non-hydrogen) atoms. The van der Waals surface area contributed by atoms with E-state index in [2.05, 4.69) is 15.3 Å². The van der Waals surface area contributed by atoms with E-state index in [4.69, 9.17) is 5.73 Å². The number of amides is 1. The van der Waals surface area contributed by atoms with E-state index >= 15 is 0 Å². The number of rotatable bonds is 5. The number of nitrogens with one attached hydrogen (secondary N) is 1. The summed E-state index contributed by atoms with van der Waals surface area (Å²) in [4.78, 5) is 21.3. The van der Waals surface area contributed by atoms with Crippen LogP contribution in [0.1, 0.15) is 11.3 Å². The van der Waals surface area contributed by atoms with Gasteiger partial charge in [-0.2, -0.15) is 0 Å². The second-order valence-electron chi connectivity index (χ2n) is 6.16. The maximum atomic E-state index is 12.6. The number of hydrogen-bond acceptors (Lipinski definition) is 4. The maximum absolute atomic E-state index is 12.6. The van der Waals surface area contributed by atoms with Crippen LogP contribution < -0.4 is 11.1 Å². The maximum Gasteiger partial charge on any atom is 0.228 e. The quantitative estimate of drug-likeness (QED) is 0.575. The molecular formula is C21H19N5O. The summed E-state index contributed by atoms with van der Waals surface area (Å²) in [5.74, 6) is -0.116. The van der Waals surface area contributed by atoms with Gasteiger partial charge in [-0.25, -0.2) is 4.98 Å². The number of para-hydroxylation sites is 4. The lowest BCUT2D eigenvalue weighted by molar-refractivity contribution is -0.115. The number of carbonyl (C=O) groups excluding carboxylic acids is 1. The number of pyridine rings is 1. The molecule has 134 valence electrons. The van der Waals surface area contributed by atoms with Crippen LogP contribution in [0.4, 0.5) is 5.69 Å². The fourth-order valence-corrected chi connectivity index (χ4v) is 3.12. The van der Waals surface area contributed by atoms with E-state index in [1.807, 2.05) is 65.2 Å². The normalized spacial score (nSPS) is 10.9. The van der Waals surface area contributed by atoms with Gasteiger partial charge >= 0.3 is 0 Å². The molecular weight excluding hydrogens is 338 g/mol. The zero-order valence-corrected chi connectivity index (χ0v) is 14.7. The van der Waals surface area contributed by atoms with Crippen LogP contribution in [0.3, 0.4) is 0 Å². The monoisotopic (exact) mass is 357 g/mol. The fourth-order valence-electron chi connectivity index (χ4n) is 3.12. The Morgan fingerprint density at radius 1 is 1.00 bits per heavy atom. The zero-order chi connectivity index (χ0) is 18.6. The molecule has 0 aliphatic heterocycles. The molecule has 0 aliphatic rings. The van der Waals surface area contributed by atoms with Gasteiger partial charge in [0, 0.05) is 12.7 Å². The van der Waals surface area contributed by atoms with E-state index in [0.29, 0.717) is 6.54 Å². The average Bonchev–Trinajstić information content (AvgIpc) is 3.13. The first-order chi connectivity index (χ1) is 13.3. The predicted octanol–water partition coefficient (Wildman–Crippen LogP) is 3.06. The van der Waals surface area contributed by atoms with Crippen molar-refractivity contribution in [1.29, 1.82) is 0 Å². The molecule has 4 rings (SSSR count). The number of fused-ring (bicyclic) bond motifs is 1. The standard InChI is InChI=1S/C21H19N5O/c22-13-18-15(6-5-11-23-18)12-21(27)25-17-8-2-4-10-20(17)26-14-24-16-7-1-3-9-19(16)26/h1-11,14H,12-13,22H2,(H,25,27). The van der Waals surface area contributed by atoms with E-state index in [9.17, 15) is 4.79 Å². The second kappa shape index (κ2) is 7.39. The number of aromatic nitrogens is 3. The van der Waals surface area contributed by atoms with Gasteiger partial charge in [0.2, 0.25) is 5.91 Å². The molecule has 6 nitrogen and oxygen atoms in total. The van der Waals surface area contributed by atoms with Crippen molar-refractivity contribution in [2.24, 2.45) is 5.73 Å². The molecule has 0 bridgehead atoms. The first kappa shape index (κ1) is 16.9. The number of imidazole rings is 1. The first-order valence-corrected chi connectivity index (χ1v) is 8.70. The average molecular weight is 357 g/mol. The molecule has 0 fully saturated rings. The largest absolute Gasteiger partial charge is 0.325 e. The van der Waals surface area contributed by atoms with Gasteiger partial charge in [-0.05, 0) is 35.9 Å².